The van der Waals surface area contributed by atoms with Gasteiger partial charge in [-0.2, -0.15) is 0 Å². The van der Waals surface area contributed by atoms with Crippen LogP contribution in [0.15, 0.2) is 60.7 Å². The molecule has 6 nitrogen and oxygen atoms in total. The largest absolute Gasteiger partial charge is 0.348 e. The molecule has 6 heteroatoms. The molecule has 2 atom stereocenters. The van der Waals surface area contributed by atoms with Crippen LogP contribution in [0.25, 0.3) is 10.8 Å². The van der Waals surface area contributed by atoms with Gasteiger partial charge in [-0.1, -0.05) is 54.6 Å². The average Bonchev–Trinajstić information content (AvgIpc) is 2.99. The lowest BCUT2D eigenvalue weighted by Crippen LogP contribution is -2.43. The fourth-order valence-electron chi connectivity index (χ4n) is 4.08. The first kappa shape index (κ1) is 21.6. The van der Waals surface area contributed by atoms with Crippen LogP contribution in [-0.4, -0.2) is 29.3 Å². The second-order valence-corrected chi connectivity index (χ2v) is 8.64. The molecule has 3 aromatic rings. The Bertz CT molecular complexity index is 1240. The molecule has 164 valence electrons. The Morgan fingerprint density at radius 3 is 2.44 bits per heavy atom. The van der Waals surface area contributed by atoms with Crippen LogP contribution in [0.5, 0.6) is 0 Å². The molecule has 1 heterocycles. The molecule has 4 amide bonds. The van der Waals surface area contributed by atoms with Crippen LogP contribution < -0.4 is 10.6 Å². The van der Waals surface area contributed by atoms with Gasteiger partial charge < -0.3 is 10.6 Å². The molecule has 0 bridgehead atoms. The van der Waals surface area contributed by atoms with Crippen molar-refractivity contribution in [2.45, 2.75) is 39.3 Å². The van der Waals surface area contributed by atoms with Gasteiger partial charge in [-0.15, -0.1) is 0 Å². The summed E-state index contributed by atoms with van der Waals surface area (Å²) in [4.78, 5) is 39.5. The highest BCUT2D eigenvalue weighted by Gasteiger charge is 2.49. The predicted molar refractivity (Wildman–Crippen MR) is 124 cm³/mol. The third-order valence-corrected chi connectivity index (χ3v) is 6.31. The molecule has 1 saturated heterocycles. The van der Waals surface area contributed by atoms with Gasteiger partial charge in [0.1, 0.15) is 12.1 Å². The van der Waals surface area contributed by atoms with Crippen LogP contribution in [-0.2, 0) is 15.1 Å². The first-order chi connectivity index (χ1) is 15.2. The highest BCUT2D eigenvalue weighted by atomic mass is 16.2. The summed E-state index contributed by atoms with van der Waals surface area (Å²) in [6.07, 6.45) is 0. The molecular weight excluding hydrogens is 402 g/mol. The second kappa shape index (κ2) is 8.11. The van der Waals surface area contributed by atoms with Gasteiger partial charge >= 0.3 is 6.03 Å². The molecule has 0 saturated carbocycles. The number of aryl methyl sites for hydroxylation is 2. The molecule has 0 radical (unpaired) electrons. The zero-order valence-corrected chi connectivity index (χ0v) is 18.7. The van der Waals surface area contributed by atoms with E-state index < -0.39 is 17.5 Å². The number of hydrogen-bond acceptors (Lipinski definition) is 3. The summed E-state index contributed by atoms with van der Waals surface area (Å²) in [5.41, 5.74) is 2.75. The van der Waals surface area contributed by atoms with Crippen molar-refractivity contribution in [1.29, 1.82) is 0 Å². The molecule has 0 aliphatic carbocycles. The van der Waals surface area contributed by atoms with Gasteiger partial charge in [0.15, 0.2) is 0 Å². The van der Waals surface area contributed by atoms with Gasteiger partial charge in [-0.05, 0) is 66.8 Å². The topological polar surface area (TPSA) is 78.5 Å². The van der Waals surface area contributed by atoms with E-state index in [1.807, 2.05) is 81.4 Å². The number of nitrogens with zero attached hydrogens (tertiary/aromatic N) is 1. The average molecular weight is 430 g/mol. The summed E-state index contributed by atoms with van der Waals surface area (Å²) in [7, 11) is 0. The zero-order chi connectivity index (χ0) is 23.0. The molecule has 1 aliphatic rings. The summed E-state index contributed by atoms with van der Waals surface area (Å²) in [6, 6.07) is 18.7. The lowest BCUT2D eigenvalue weighted by atomic mass is 9.90. The maximum Gasteiger partial charge on any atom is 0.325 e. The minimum atomic E-state index is -1.22. The molecule has 1 fully saturated rings. The lowest BCUT2D eigenvalue weighted by molar-refractivity contribution is -0.135. The number of amides is 4. The number of hydrogen-bond donors (Lipinski definition) is 2. The van der Waals surface area contributed by atoms with E-state index in [4.69, 9.17) is 0 Å². The predicted octanol–water partition coefficient (Wildman–Crippen LogP) is 4.10. The molecule has 2 N–H and O–H groups in total. The Balaban J connectivity index is 1.49. The Hall–Kier alpha value is -3.67. The SMILES string of the molecule is Cc1ccc([C@H](C)NC(=O)CN2C(=O)N[C@@](C)(c3ccc4ccccc4c3)C2=O)cc1C. The lowest BCUT2D eigenvalue weighted by Gasteiger charge is -2.23. The number of nitrogens with one attached hydrogen (secondary N) is 2. The van der Waals surface area contributed by atoms with Crippen molar-refractivity contribution in [1.82, 2.24) is 15.5 Å². The summed E-state index contributed by atoms with van der Waals surface area (Å²) < 4.78 is 0. The Kier molecular flexibility index (Phi) is 5.46. The smallest absolute Gasteiger partial charge is 0.325 e. The maximum absolute atomic E-state index is 13.2. The highest BCUT2D eigenvalue weighted by Crippen LogP contribution is 2.31. The fraction of sp³-hybridized carbons (Fsp3) is 0.269. The summed E-state index contributed by atoms with van der Waals surface area (Å²) in [6.45, 7) is 7.28. The Labute approximate surface area is 187 Å². The van der Waals surface area contributed by atoms with Crippen molar-refractivity contribution in [2.24, 2.45) is 0 Å². The number of rotatable bonds is 5. The van der Waals surface area contributed by atoms with Crippen molar-refractivity contribution in [3.05, 3.63) is 82.9 Å². The Morgan fingerprint density at radius 1 is 1.00 bits per heavy atom. The molecule has 32 heavy (non-hydrogen) atoms. The van der Waals surface area contributed by atoms with Crippen LogP contribution in [0.3, 0.4) is 0 Å². The van der Waals surface area contributed by atoms with Crippen molar-refractivity contribution in [3.63, 3.8) is 0 Å². The van der Waals surface area contributed by atoms with Gasteiger partial charge in [0.2, 0.25) is 5.91 Å². The van der Waals surface area contributed by atoms with Gasteiger partial charge in [0, 0.05) is 0 Å². The summed E-state index contributed by atoms with van der Waals surface area (Å²) >= 11 is 0. The van der Waals surface area contributed by atoms with Crippen LogP contribution in [0.1, 0.15) is 42.1 Å². The number of urea groups is 1. The van der Waals surface area contributed by atoms with E-state index in [0.29, 0.717) is 5.56 Å². The summed E-state index contributed by atoms with van der Waals surface area (Å²) in [5.74, 6) is -0.825. The number of imide groups is 1. The number of carbonyl (C=O) groups is 3. The van der Waals surface area contributed by atoms with Crippen molar-refractivity contribution in [2.75, 3.05) is 6.54 Å². The molecule has 4 rings (SSSR count). The van der Waals surface area contributed by atoms with Crippen molar-refractivity contribution >= 4 is 28.6 Å². The molecule has 1 aliphatic heterocycles. The van der Waals surface area contributed by atoms with Crippen LogP contribution in [0.2, 0.25) is 0 Å². The minimum absolute atomic E-state index is 0.241. The van der Waals surface area contributed by atoms with Gasteiger partial charge in [-0.25, -0.2) is 4.79 Å². The molecule has 0 aromatic heterocycles. The van der Waals surface area contributed by atoms with E-state index in [9.17, 15) is 14.4 Å². The van der Waals surface area contributed by atoms with Crippen molar-refractivity contribution in [3.8, 4) is 0 Å². The maximum atomic E-state index is 13.2. The monoisotopic (exact) mass is 429 g/mol. The molecule has 0 unspecified atom stereocenters. The van der Waals surface area contributed by atoms with Crippen LogP contribution >= 0.6 is 0 Å². The van der Waals surface area contributed by atoms with Gasteiger partial charge in [0.25, 0.3) is 5.91 Å². The van der Waals surface area contributed by atoms with Gasteiger partial charge in [0.05, 0.1) is 6.04 Å². The molecule has 0 spiro atoms. The molecule has 3 aromatic carbocycles. The molecular formula is C26H27N3O3. The van der Waals surface area contributed by atoms with Crippen LogP contribution in [0, 0.1) is 13.8 Å². The van der Waals surface area contributed by atoms with E-state index >= 15 is 0 Å². The normalized spacial score (nSPS) is 19.2. The Morgan fingerprint density at radius 2 is 1.72 bits per heavy atom. The minimum Gasteiger partial charge on any atom is -0.348 e. The third kappa shape index (κ3) is 3.84. The van der Waals surface area contributed by atoms with Gasteiger partial charge in [-0.3, -0.25) is 14.5 Å². The standard InChI is InChI=1S/C26H27N3O3/c1-16-9-10-20(13-17(16)2)18(3)27-23(30)15-29-24(31)26(4,28-25(29)32)22-12-11-19-7-5-6-8-21(19)14-22/h5-14,18H,15H2,1-4H3,(H,27,30)(H,28,32)/t18-,26-/m0/s1. The van der Waals surface area contributed by atoms with Crippen molar-refractivity contribution < 1.29 is 14.4 Å². The first-order valence-corrected chi connectivity index (χ1v) is 10.7. The zero-order valence-electron chi connectivity index (χ0n) is 18.7. The van der Waals surface area contributed by atoms with E-state index in [2.05, 4.69) is 10.6 Å². The number of fused-ring (bicyclic) bond motifs is 1. The van der Waals surface area contributed by atoms with Crippen LogP contribution in [0.4, 0.5) is 4.79 Å². The fourth-order valence-corrected chi connectivity index (χ4v) is 4.08. The highest BCUT2D eigenvalue weighted by molar-refractivity contribution is 6.09. The van der Waals surface area contributed by atoms with E-state index in [-0.39, 0.29) is 18.5 Å². The first-order valence-electron chi connectivity index (χ1n) is 10.7. The number of carbonyl (C=O) groups excluding carboxylic acids is 3. The summed E-state index contributed by atoms with van der Waals surface area (Å²) in [5, 5.41) is 7.69. The van der Waals surface area contributed by atoms with E-state index in [1.54, 1.807) is 6.92 Å². The third-order valence-electron chi connectivity index (χ3n) is 6.31. The second-order valence-electron chi connectivity index (χ2n) is 8.64. The number of benzene rings is 3. The quantitative estimate of drug-likeness (QED) is 0.600. The van der Waals surface area contributed by atoms with E-state index in [1.165, 1.54) is 5.56 Å². The van der Waals surface area contributed by atoms with E-state index in [0.717, 1.165) is 26.8 Å².